The molecule has 4 aromatic rings. The van der Waals surface area contributed by atoms with Crippen LogP contribution >= 0.6 is 0 Å². The summed E-state index contributed by atoms with van der Waals surface area (Å²) in [5.74, 6) is -0.317. The van der Waals surface area contributed by atoms with Crippen LogP contribution in [0, 0.1) is 0 Å². The SMILES string of the molecule is CC(C)n1ccc(-c2nnc(NC(=O)c3ccc(S(=O)(=O)N4CCCc5ccccc54)cc3)o2)n1. The average molecular weight is 493 g/mol. The van der Waals surface area contributed by atoms with E-state index in [0.29, 0.717) is 17.9 Å². The van der Waals surface area contributed by atoms with Crippen LogP contribution in [0.1, 0.15) is 42.2 Å². The largest absolute Gasteiger partial charge is 0.401 e. The lowest BCUT2D eigenvalue weighted by Gasteiger charge is -2.30. The summed E-state index contributed by atoms with van der Waals surface area (Å²) < 4.78 is 35.3. The fraction of sp³-hybridized carbons (Fsp3) is 0.250. The molecule has 0 atom stereocenters. The van der Waals surface area contributed by atoms with Crippen molar-refractivity contribution in [3.63, 3.8) is 0 Å². The molecule has 2 aromatic carbocycles. The van der Waals surface area contributed by atoms with Gasteiger partial charge in [0, 0.05) is 24.3 Å². The summed E-state index contributed by atoms with van der Waals surface area (Å²) in [6, 6.07) is 15.1. The Morgan fingerprint density at radius 3 is 2.57 bits per heavy atom. The van der Waals surface area contributed by atoms with Gasteiger partial charge in [0.2, 0.25) is 0 Å². The van der Waals surface area contributed by atoms with E-state index < -0.39 is 15.9 Å². The number of nitrogens with one attached hydrogen (secondary N) is 1. The third-order valence-corrected chi connectivity index (χ3v) is 7.60. The van der Waals surface area contributed by atoms with Crippen LogP contribution in [-0.2, 0) is 16.4 Å². The van der Waals surface area contributed by atoms with E-state index in [2.05, 4.69) is 20.6 Å². The molecule has 3 heterocycles. The lowest BCUT2D eigenvalue weighted by Crippen LogP contribution is -2.35. The van der Waals surface area contributed by atoms with E-state index in [4.69, 9.17) is 4.42 Å². The normalized spacial score (nSPS) is 13.6. The number of amides is 1. The minimum absolute atomic E-state index is 0.0780. The first kappa shape index (κ1) is 22.8. The fourth-order valence-electron chi connectivity index (χ4n) is 3.94. The molecular weight excluding hydrogens is 468 g/mol. The monoisotopic (exact) mass is 492 g/mol. The molecule has 5 rings (SSSR count). The highest BCUT2D eigenvalue weighted by Gasteiger charge is 2.29. The lowest BCUT2D eigenvalue weighted by atomic mass is 10.0. The molecule has 1 amide bonds. The number of hydrogen-bond donors (Lipinski definition) is 1. The van der Waals surface area contributed by atoms with Gasteiger partial charge < -0.3 is 4.42 Å². The Morgan fingerprint density at radius 1 is 1.06 bits per heavy atom. The predicted molar refractivity (Wildman–Crippen MR) is 130 cm³/mol. The summed E-state index contributed by atoms with van der Waals surface area (Å²) in [6.45, 7) is 4.41. The van der Waals surface area contributed by atoms with Crippen LogP contribution in [0.5, 0.6) is 0 Å². The van der Waals surface area contributed by atoms with E-state index in [0.717, 1.165) is 18.4 Å². The second-order valence-corrected chi connectivity index (χ2v) is 10.3. The van der Waals surface area contributed by atoms with Crippen LogP contribution in [0.25, 0.3) is 11.6 Å². The smallest absolute Gasteiger partial charge is 0.322 e. The fourth-order valence-corrected chi connectivity index (χ4v) is 5.48. The minimum Gasteiger partial charge on any atom is -0.401 e. The van der Waals surface area contributed by atoms with Gasteiger partial charge >= 0.3 is 6.01 Å². The highest BCUT2D eigenvalue weighted by atomic mass is 32.2. The zero-order valence-corrected chi connectivity index (χ0v) is 20.1. The van der Waals surface area contributed by atoms with E-state index in [9.17, 15) is 13.2 Å². The maximum atomic E-state index is 13.3. The molecule has 0 saturated carbocycles. The molecule has 0 aliphatic carbocycles. The maximum absolute atomic E-state index is 13.3. The summed E-state index contributed by atoms with van der Waals surface area (Å²) >= 11 is 0. The Balaban J connectivity index is 1.30. The number of para-hydroxylation sites is 1. The van der Waals surface area contributed by atoms with Crippen LogP contribution in [0.2, 0.25) is 0 Å². The van der Waals surface area contributed by atoms with Gasteiger partial charge in [0.05, 0.1) is 10.6 Å². The molecule has 11 heteroatoms. The van der Waals surface area contributed by atoms with E-state index >= 15 is 0 Å². The lowest BCUT2D eigenvalue weighted by molar-refractivity contribution is 0.102. The zero-order valence-electron chi connectivity index (χ0n) is 19.2. The van der Waals surface area contributed by atoms with Gasteiger partial charge in [-0.25, -0.2) is 8.42 Å². The number of carbonyl (C=O) groups is 1. The predicted octanol–water partition coefficient (Wildman–Crippen LogP) is 3.91. The van der Waals surface area contributed by atoms with Gasteiger partial charge in [-0.05, 0) is 68.7 Å². The van der Waals surface area contributed by atoms with E-state index in [-0.39, 0.29) is 28.4 Å². The van der Waals surface area contributed by atoms with Crippen molar-refractivity contribution in [1.29, 1.82) is 0 Å². The molecule has 0 radical (unpaired) electrons. The van der Waals surface area contributed by atoms with Crippen molar-refractivity contribution in [3.05, 3.63) is 71.9 Å². The molecule has 0 saturated heterocycles. The van der Waals surface area contributed by atoms with Crippen molar-refractivity contribution in [2.45, 2.75) is 37.6 Å². The summed E-state index contributed by atoms with van der Waals surface area (Å²) in [5, 5.41) is 14.7. The van der Waals surface area contributed by atoms with Gasteiger partial charge in [-0.1, -0.05) is 23.3 Å². The Kier molecular flexibility index (Phi) is 5.85. The maximum Gasteiger partial charge on any atom is 0.322 e. The molecule has 0 spiro atoms. The molecule has 180 valence electrons. The van der Waals surface area contributed by atoms with E-state index in [1.54, 1.807) is 16.9 Å². The summed E-state index contributed by atoms with van der Waals surface area (Å²) in [5.41, 5.74) is 2.46. The molecule has 0 unspecified atom stereocenters. The molecule has 1 N–H and O–H groups in total. The number of aryl methyl sites for hydroxylation is 1. The summed E-state index contributed by atoms with van der Waals surface area (Å²) in [7, 11) is -3.76. The topological polar surface area (TPSA) is 123 Å². The standard InChI is InChI=1S/C24H24N6O4S/c1-16(2)29-15-13-20(28-29)23-26-27-24(34-23)25-22(31)18-9-11-19(12-10-18)35(32,33)30-14-5-7-17-6-3-4-8-21(17)30/h3-4,6,8-13,15-16H,5,7,14H2,1-2H3,(H,25,27,31). The molecule has 1 aliphatic heterocycles. The van der Waals surface area contributed by atoms with Crippen molar-refractivity contribution in [2.24, 2.45) is 0 Å². The quantitative estimate of drug-likeness (QED) is 0.433. The Bertz CT molecular complexity index is 1470. The highest BCUT2D eigenvalue weighted by molar-refractivity contribution is 7.92. The van der Waals surface area contributed by atoms with Gasteiger partial charge in [-0.2, -0.15) is 5.10 Å². The Morgan fingerprint density at radius 2 is 1.83 bits per heavy atom. The highest BCUT2D eigenvalue weighted by Crippen LogP contribution is 2.31. The van der Waals surface area contributed by atoms with Crippen molar-refractivity contribution in [1.82, 2.24) is 20.0 Å². The van der Waals surface area contributed by atoms with Crippen LogP contribution in [0.4, 0.5) is 11.7 Å². The molecule has 10 nitrogen and oxygen atoms in total. The Labute approximate surface area is 202 Å². The van der Waals surface area contributed by atoms with Gasteiger partial charge in [0.1, 0.15) is 5.69 Å². The van der Waals surface area contributed by atoms with Crippen LogP contribution in [0.3, 0.4) is 0 Å². The van der Waals surface area contributed by atoms with Gasteiger partial charge in [0.25, 0.3) is 21.8 Å². The zero-order chi connectivity index (χ0) is 24.6. The number of sulfonamides is 1. The number of anilines is 2. The first-order valence-electron chi connectivity index (χ1n) is 11.2. The molecule has 1 aliphatic rings. The summed E-state index contributed by atoms with van der Waals surface area (Å²) in [4.78, 5) is 12.8. The number of carbonyl (C=O) groups excluding carboxylic acids is 1. The van der Waals surface area contributed by atoms with E-state index in [1.165, 1.54) is 28.6 Å². The third kappa shape index (κ3) is 4.42. The van der Waals surface area contributed by atoms with Gasteiger partial charge in [-0.3, -0.25) is 19.1 Å². The number of rotatable bonds is 6. The van der Waals surface area contributed by atoms with Crippen molar-refractivity contribution in [3.8, 4) is 11.6 Å². The molecule has 2 aromatic heterocycles. The van der Waals surface area contributed by atoms with Gasteiger partial charge in [0.15, 0.2) is 0 Å². The molecule has 35 heavy (non-hydrogen) atoms. The molecule has 0 bridgehead atoms. The van der Waals surface area contributed by atoms with Crippen molar-refractivity contribution < 1.29 is 17.6 Å². The average Bonchev–Trinajstić information content (AvgIpc) is 3.54. The third-order valence-electron chi connectivity index (χ3n) is 5.77. The molecule has 0 fully saturated rings. The first-order valence-corrected chi connectivity index (χ1v) is 12.7. The summed E-state index contributed by atoms with van der Waals surface area (Å²) in [6.07, 6.45) is 3.40. The second-order valence-electron chi connectivity index (χ2n) is 8.48. The van der Waals surface area contributed by atoms with E-state index in [1.807, 2.05) is 38.1 Å². The number of aromatic nitrogens is 4. The van der Waals surface area contributed by atoms with Crippen LogP contribution in [-0.4, -0.2) is 40.8 Å². The number of benzene rings is 2. The van der Waals surface area contributed by atoms with Crippen LogP contribution < -0.4 is 9.62 Å². The first-order chi connectivity index (χ1) is 16.8. The minimum atomic E-state index is -3.76. The second kappa shape index (κ2) is 8.99. The van der Waals surface area contributed by atoms with Crippen molar-refractivity contribution in [2.75, 3.05) is 16.2 Å². The van der Waals surface area contributed by atoms with Crippen molar-refractivity contribution >= 4 is 27.6 Å². The molecular formula is C24H24N6O4S. The Hall–Kier alpha value is -3.99. The van der Waals surface area contributed by atoms with Gasteiger partial charge in [-0.15, -0.1) is 5.10 Å². The number of nitrogens with zero attached hydrogens (tertiary/aromatic N) is 5. The number of fused-ring (bicyclic) bond motifs is 1. The van der Waals surface area contributed by atoms with Crippen LogP contribution in [0.15, 0.2) is 70.1 Å². The number of hydrogen-bond acceptors (Lipinski definition) is 7.